The molecular formula is C30H34FN5O3S. The van der Waals surface area contributed by atoms with Crippen LogP contribution >= 0.6 is 0 Å². The number of carbonyl (C=O) groups excluding carboxylic acids is 1. The van der Waals surface area contributed by atoms with E-state index >= 15 is 0 Å². The Kier molecular flexibility index (Phi) is 9.11. The molecule has 2 N–H and O–H groups in total. The van der Waals surface area contributed by atoms with Gasteiger partial charge >= 0.3 is 0 Å². The van der Waals surface area contributed by atoms with E-state index in [4.69, 9.17) is 0 Å². The zero-order valence-corrected chi connectivity index (χ0v) is 23.9. The number of hydrogen-bond donors (Lipinski definition) is 2. The number of hydrogen-bond acceptors (Lipinski definition) is 5. The lowest BCUT2D eigenvalue weighted by molar-refractivity contribution is 0.0529. The van der Waals surface area contributed by atoms with Gasteiger partial charge in [-0.05, 0) is 61.7 Å². The van der Waals surface area contributed by atoms with Crippen molar-refractivity contribution in [2.45, 2.75) is 45.3 Å². The second-order valence-corrected chi connectivity index (χ2v) is 11.3. The van der Waals surface area contributed by atoms with Gasteiger partial charge in [0.25, 0.3) is 5.91 Å². The Bertz CT molecular complexity index is 1470. The predicted octanol–water partition coefficient (Wildman–Crippen LogP) is 4.86. The molecule has 0 spiro atoms. The fourth-order valence-corrected chi connectivity index (χ4v) is 5.29. The second-order valence-electron chi connectivity index (χ2n) is 10.00. The van der Waals surface area contributed by atoms with Crippen molar-refractivity contribution in [3.05, 3.63) is 107 Å². The molecule has 8 nitrogen and oxygen atoms in total. The van der Waals surface area contributed by atoms with Gasteiger partial charge in [-0.3, -0.25) is 9.10 Å². The summed E-state index contributed by atoms with van der Waals surface area (Å²) in [4.78, 5) is 13.4. The maximum atomic E-state index is 13.4. The van der Waals surface area contributed by atoms with E-state index in [1.165, 1.54) is 16.8 Å². The van der Waals surface area contributed by atoms with Crippen LogP contribution in [0.2, 0.25) is 0 Å². The molecule has 3 aromatic carbocycles. The molecule has 0 saturated carbocycles. The molecule has 210 valence electrons. The van der Waals surface area contributed by atoms with E-state index < -0.39 is 16.6 Å². The first-order valence-electron chi connectivity index (χ1n) is 13.1. The third-order valence-corrected chi connectivity index (χ3v) is 7.62. The SMILES string of the molecule is CCCN(c1cc(C(=O)N[C@H](C)c2ccc(F)cc2)cc(-n2cc(C(C)(O)Cc3ccccc3)nn2)c1)S(C)=O. The molecule has 4 aromatic rings. The van der Waals surface area contributed by atoms with Gasteiger partial charge in [0.15, 0.2) is 0 Å². The van der Waals surface area contributed by atoms with Crippen molar-refractivity contribution in [3.8, 4) is 5.69 Å². The van der Waals surface area contributed by atoms with Crippen molar-refractivity contribution in [1.29, 1.82) is 0 Å². The number of nitrogens with zero attached hydrogens (tertiary/aromatic N) is 4. The average Bonchev–Trinajstić information content (AvgIpc) is 3.44. The van der Waals surface area contributed by atoms with Crippen LogP contribution in [-0.4, -0.2) is 43.0 Å². The summed E-state index contributed by atoms with van der Waals surface area (Å²) in [6.07, 6.45) is 4.33. The van der Waals surface area contributed by atoms with Gasteiger partial charge in [0.2, 0.25) is 0 Å². The number of amides is 1. The highest BCUT2D eigenvalue weighted by molar-refractivity contribution is 7.85. The van der Waals surface area contributed by atoms with Crippen LogP contribution in [-0.2, 0) is 23.0 Å². The van der Waals surface area contributed by atoms with E-state index in [1.807, 2.05) is 44.2 Å². The third-order valence-electron chi connectivity index (χ3n) is 6.61. The largest absolute Gasteiger partial charge is 0.383 e. The van der Waals surface area contributed by atoms with Crippen molar-refractivity contribution in [1.82, 2.24) is 20.3 Å². The Balaban J connectivity index is 1.68. The van der Waals surface area contributed by atoms with E-state index in [0.717, 1.165) is 17.5 Å². The van der Waals surface area contributed by atoms with Gasteiger partial charge in [-0.2, -0.15) is 0 Å². The summed E-state index contributed by atoms with van der Waals surface area (Å²) < 4.78 is 29.2. The Morgan fingerprint density at radius 1 is 1.15 bits per heavy atom. The van der Waals surface area contributed by atoms with Crippen LogP contribution in [0.25, 0.3) is 5.69 Å². The summed E-state index contributed by atoms with van der Waals surface area (Å²) in [6.45, 7) is 6.01. The van der Waals surface area contributed by atoms with Crippen LogP contribution in [0.5, 0.6) is 0 Å². The zero-order valence-electron chi connectivity index (χ0n) is 23.0. The number of carbonyl (C=O) groups is 1. The molecular weight excluding hydrogens is 529 g/mol. The quantitative estimate of drug-likeness (QED) is 0.272. The van der Waals surface area contributed by atoms with E-state index in [0.29, 0.717) is 35.6 Å². The first-order valence-corrected chi connectivity index (χ1v) is 14.6. The van der Waals surface area contributed by atoms with Gasteiger partial charge in [0.05, 0.1) is 23.6 Å². The lowest BCUT2D eigenvalue weighted by Gasteiger charge is -2.23. The summed E-state index contributed by atoms with van der Waals surface area (Å²) in [5.74, 6) is -0.701. The lowest BCUT2D eigenvalue weighted by Crippen LogP contribution is -2.29. The number of benzene rings is 3. The zero-order chi connectivity index (χ0) is 28.9. The van der Waals surface area contributed by atoms with E-state index in [9.17, 15) is 18.5 Å². The van der Waals surface area contributed by atoms with Crippen molar-refractivity contribution in [3.63, 3.8) is 0 Å². The summed E-state index contributed by atoms with van der Waals surface area (Å²) in [5.41, 5.74) is 2.27. The maximum absolute atomic E-state index is 13.4. The van der Waals surface area contributed by atoms with E-state index in [-0.39, 0.29) is 17.8 Å². The van der Waals surface area contributed by atoms with Gasteiger partial charge in [0, 0.05) is 24.8 Å². The average molecular weight is 564 g/mol. The Labute approximate surface area is 236 Å². The van der Waals surface area contributed by atoms with Crippen molar-refractivity contribution in [2.75, 3.05) is 17.1 Å². The van der Waals surface area contributed by atoms with E-state index in [2.05, 4.69) is 15.6 Å². The van der Waals surface area contributed by atoms with Crippen LogP contribution in [0.3, 0.4) is 0 Å². The number of anilines is 1. The normalized spacial score (nSPS) is 14.2. The topological polar surface area (TPSA) is 100 Å². The number of rotatable bonds is 11. The number of aromatic nitrogens is 3. The van der Waals surface area contributed by atoms with Crippen LogP contribution in [0, 0.1) is 5.82 Å². The first-order chi connectivity index (χ1) is 19.1. The van der Waals surface area contributed by atoms with Crippen molar-refractivity contribution < 1.29 is 18.5 Å². The highest BCUT2D eigenvalue weighted by atomic mass is 32.2. The lowest BCUT2D eigenvalue weighted by atomic mass is 9.94. The van der Waals surface area contributed by atoms with Gasteiger partial charge in [-0.25, -0.2) is 13.3 Å². The van der Waals surface area contributed by atoms with Crippen molar-refractivity contribution >= 4 is 22.6 Å². The number of aliphatic hydroxyl groups is 1. The molecule has 4 rings (SSSR count). The summed E-state index contributed by atoms with van der Waals surface area (Å²) in [6, 6.07) is 20.4. The number of nitrogens with one attached hydrogen (secondary N) is 1. The van der Waals surface area contributed by atoms with Crippen LogP contribution in [0.15, 0.2) is 79.0 Å². The Hall–Kier alpha value is -3.89. The molecule has 0 aliphatic heterocycles. The molecule has 1 amide bonds. The fraction of sp³-hybridized carbons (Fsp3) is 0.300. The van der Waals surface area contributed by atoms with Crippen LogP contribution < -0.4 is 9.62 Å². The second kappa shape index (κ2) is 12.5. The molecule has 0 saturated heterocycles. The smallest absolute Gasteiger partial charge is 0.251 e. The highest BCUT2D eigenvalue weighted by Crippen LogP contribution is 2.27. The standard InChI is InChI=1S/C30H34FN5O3S/c1-5-15-36(40(4)39)27-17-24(29(37)32-21(2)23-11-13-25(31)14-12-23)16-26(18-27)35-20-28(33-34-35)30(3,38)19-22-9-7-6-8-10-22/h6-14,16-18,20-21,38H,5,15,19H2,1-4H3,(H,32,37)/t21-,30?,40?/m1/s1. The summed E-state index contributed by atoms with van der Waals surface area (Å²) in [7, 11) is -1.33. The maximum Gasteiger partial charge on any atom is 0.251 e. The first kappa shape index (κ1) is 29.1. The summed E-state index contributed by atoms with van der Waals surface area (Å²) in [5, 5.41) is 22.6. The van der Waals surface area contributed by atoms with Gasteiger partial charge in [-0.15, -0.1) is 5.10 Å². The molecule has 2 unspecified atom stereocenters. The van der Waals surface area contributed by atoms with Gasteiger partial charge in [-0.1, -0.05) is 54.6 Å². The molecule has 0 bridgehead atoms. The third kappa shape index (κ3) is 7.00. The minimum atomic E-state index is -1.33. The minimum absolute atomic E-state index is 0.334. The fourth-order valence-electron chi connectivity index (χ4n) is 4.45. The molecule has 3 atom stereocenters. The molecule has 0 aliphatic rings. The molecule has 0 fully saturated rings. The summed E-state index contributed by atoms with van der Waals surface area (Å²) >= 11 is 0. The molecule has 0 radical (unpaired) electrons. The number of halogens is 1. The van der Waals surface area contributed by atoms with Crippen LogP contribution in [0.4, 0.5) is 10.1 Å². The van der Waals surface area contributed by atoms with Gasteiger partial charge in [0.1, 0.15) is 28.1 Å². The molecule has 0 aliphatic carbocycles. The highest BCUT2D eigenvalue weighted by Gasteiger charge is 2.28. The van der Waals surface area contributed by atoms with E-state index in [1.54, 1.807) is 54.0 Å². The molecule has 10 heteroatoms. The van der Waals surface area contributed by atoms with Crippen LogP contribution in [0.1, 0.15) is 60.4 Å². The Morgan fingerprint density at radius 2 is 1.85 bits per heavy atom. The molecule has 1 heterocycles. The Morgan fingerprint density at radius 3 is 2.50 bits per heavy atom. The predicted molar refractivity (Wildman–Crippen MR) is 155 cm³/mol. The molecule has 1 aromatic heterocycles. The van der Waals surface area contributed by atoms with Gasteiger partial charge < -0.3 is 10.4 Å². The van der Waals surface area contributed by atoms with Crippen molar-refractivity contribution in [2.24, 2.45) is 0 Å². The molecule has 40 heavy (non-hydrogen) atoms. The minimum Gasteiger partial charge on any atom is -0.383 e. The monoisotopic (exact) mass is 563 g/mol.